The van der Waals surface area contributed by atoms with Crippen LogP contribution in [-0.2, 0) is 16.0 Å². The molecule has 3 saturated heterocycles. The Morgan fingerprint density at radius 1 is 1.10 bits per heavy atom. The van der Waals surface area contributed by atoms with E-state index in [1.807, 2.05) is 11.8 Å². The van der Waals surface area contributed by atoms with Gasteiger partial charge in [0.15, 0.2) is 29.0 Å². The summed E-state index contributed by atoms with van der Waals surface area (Å²) in [4.78, 5) is 37.9. The highest BCUT2D eigenvalue weighted by Gasteiger charge is 2.47. The number of aliphatic carboxylic acids is 1. The van der Waals surface area contributed by atoms with Crippen molar-refractivity contribution < 1.29 is 47.3 Å². The summed E-state index contributed by atoms with van der Waals surface area (Å²) in [5.41, 5.74) is 1.73. The van der Waals surface area contributed by atoms with Crippen LogP contribution in [0.1, 0.15) is 70.2 Å². The van der Waals surface area contributed by atoms with Crippen molar-refractivity contribution >= 4 is 34.9 Å². The highest BCUT2D eigenvalue weighted by molar-refractivity contribution is 5.84. The maximum atomic E-state index is 12.6. The number of aliphatic hydroxyl groups is 2. The maximum absolute atomic E-state index is 12.6. The largest absolute Gasteiger partial charge is 0.490 e. The van der Waals surface area contributed by atoms with E-state index in [0.29, 0.717) is 48.2 Å². The second-order valence-corrected chi connectivity index (χ2v) is 12.4. The lowest BCUT2D eigenvalue weighted by Gasteiger charge is -2.22. The van der Waals surface area contributed by atoms with Crippen LogP contribution in [-0.4, -0.2) is 115 Å². The van der Waals surface area contributed by atoms with Crippen molar-refractivity contribution in [2.75, 3.05) is 36.4 Å². The molecule has 3 aliphatic heterocycles. The molecule has 3 aromatic rings. The number of carbonyl (C=O) groups is 2. The number of rotatable bonds is 10. The van der Waals surface area contributed by atoms with E-state index in [1.54, 1.807) is 17.0 Å². The van der Waals surface area contributed by atoms with Gasteiger partial charge in [0.05, 0.1) is 12.0 Å². The fraction of sp³-hybridized carbons (Fsp3) is 0.667. The quantitative estimate of drug-likeness (QED) is 0.159. The second-order valence-electron chi connectivity index (χ2n) is 12.4. The van der Waals surface area contributed by atoms with Crippen LogP contribution in [0.3, 0.4) is 0 Å². The summed E-state index contributed by atoms with van der Waals surface area (Å²) in [5.74, 6) is -1.33. The third-order valence-electron chi connectivity index (χ3n) is 8.91. The molecule has 0 spiro atoms. The Hall–Kier alpha value is -4.27. The Kier molecular flexibility index (Phi) is 11.6. The molecule has 2 amide bonds. The second kappa shape index (κ2) is 15.7. The third kappa shape index (κ3) is 8.36. The molecule has 7 N–H and O–H groups in total. The van der Waals surface area contributed by atoms with Crippen LogP contribution < -0.4 is 26.2 Å². The number of anilines is 2. The summed E-state index contributed by atoms with van der Waals surface area (Å²) in [7, 11) is 0. The van der Waals surface area contributed by atoms with Gasteiger partial charge in [-0.1, -0.05) is 25.9 Å². The number of carboxylic acids is 1. The molecule has 276 valence electrons. The summed E-state index contributed by atoms with van der Waals surface area (Å²) in [6.45, 7) is 9.08. The number of aromatic nitrogens is 5. The first-order chi connectivity index (χ1) is 23.8. The number of aryl methyl sites for hydroxylation is 1. The average Bonchev–Trinajstić information content (AvgIpc) is 3.92. The summed E-state index contributed by atoms with van der Waals surface area (Å²) < 4.78 is 44.9. The summed E-state index contributed by atoms with van der Waals surface area (Å²) in [5, 5.41) is 46.0. The van der Waals surface area contributed by atoms with Crippen LogP contribution in [0.25, 0.3) is 11.2 Å². The van der Waals surface area contributed by atoms with E-state index in [4.69, 9.17) is 29.1 Å². The lowest BCUT2D eigenvalue weighted by Crippen LogP contribution is -2.47. The Balaban J connectivity index is 0.000000630. The third-order valence-corrected chi connectivity index (χ3v) is 8.91. The highest BCUT2D eigenvalue weighted by atomic mass is 19.4. The number of nitrogens with one attached hydrogen (secondary N) is 4. The molecule has 0 saturated carbocycles. The van der Waals surface area contributed by atoms with Crippen LogP contribution in [0.5, 0.6) is 0 Å². The first-order valence-corrected chi connectivity index (χ1v) is 16.6. The predicted octanol–water partition coefficient (Wildman–Crippen LogP) is 1.84. The van der Waals surface area contributed by atoms with E-state index in [-0.39, 0.29) is 24.2 Å². The molecule has 3 aliphatic rings. The van der Waals surface area contributed by atoms with Gasteiger partial charge in [-0.2, -0.15) is 23.1 Å². The van der Waals surface area contributed by atoms with E-state index < -0.39 is 36.7 Å². The fourth-order valence-corrected chi connectivity index (χ4v) is 6.02. The molecule has 6 atom stereocenters. The molecule has 6 rings (SSSR count). The monoisotopic (exact) mass is 712 g/mol. The first kappa shape index (κ1) is 37.0. The molecule has 1 unspecified atom stereocenters. The van der Waals surface area contributed by atoms with Gasteiger partial charge in [-0.3, -0.25) is 4.57 Å². The standard InChI is InChI=1S/C28H42N10O5.C2HF3O2/c1-4-15(5-2)31-24-20-25(35-27(34-24)37-10-8-18(13-37)33-28(41)32-17-7-9-29-12-17)38(14-30-20)26-22(40)21(39)23(42-26)19-11-16(6-3)36-43-19;3-2(4,5)1(6)7/h11,14-15,17-18,21-23,26,29,39-40H,4-10,12-13H2,1-3H3,(H,31,34,35)(H2,32,33,41);(H,6,7)/t17-,18?,21-,22+,23-,26-;/m1./s1. The van der Waals surface area contributed by atoms with Crippen molar-refractivity contribution in [2.45, 2.75) is 102 Å². The molecule has 0 bridgehead atoms. The van der Waals surface area contributed by atoms with Gasteiger partial charge in [-0.05, 0) is 38.6 Å². The fourth-order valence-electron chi connectivity index (χ4n) is 6.02. The predicted molar refractivity (Wildman–Crippen MR) is 171 cm³/mol. The van der Waals surface area contributed by atoms with Gasteiger partial charge in [0, 0.05) is 43.8 Å². The van der Waals surface area contributed by atoms with Crippen LogP contribution in [0, 0.1) is 0 Å². The molecule has 50 heavy (non-hydrogen) atoms. The van der Waals surface area contributed by atoms with Crippen molar-refractivity contribution in [1.82, 2.24) is 40.6 Å². The summed E-state index contributed by atoms with van der Waals surface area (Å²) in [6.07, 6.45) is -3.75. The molecule has 0 aromatic carbocycles. The van der Waals surface area contributed by atoms with Gasteiger partial charge in [0.1, 0.15) is 18.3 Å². The lowest BCUT2D eigenvalue weighted by atomic mass is 10.1. The van der Waals surface area contributed by atoms with Crippen molar-refractivity contribution in [2.24, 2.45) is 0 Å². The number of ether oxygens (including phenoxy) is 1. The van der Waals surface area contributed by atoms with Crippen molar-refractivity contribution in [3.8, 4) is 0 Å². The number of carboxylic acid groups (broad SMARTS) is 1. The minimum absolute atomic E-state index is 0.0557. The van der Waals surface area contributed by atoms with Crippen LogP contribution in [0.4, 0.5) is 29.7 Å². The minimum atomic E-state index is -5.08. The SMILES string of the molecule is CCc1cc([C@H]2O[C@@H](n3cnc4c(NC(CC)CC)nc(N5CCC(NC(=O)N[C@@H]6CCNC6)C5)nc43)[C@@H](O)[C@H]2O)on1.O=C(O)C(F)(F)F. The normalized spacial score (nSPS) is 25.2. The Bertz CT molecular complexity index is 1610. The number of amides is 2. The number of imidazole rings is 1. The zero-order valence-electron chi connectivity index (χ0n) is 27.9. The smallest absolute Gasteiger partial charge is 0.475 e. The van der Waals surface area contributed by atoms with Crippen LogP contribution in [0.2, 0.25) is 0 Å². The Labute approximate surface area is 285 Å². The molecular formula is C30H43F3N10O7. The van der Waals surface area contributed by atoms with Crippen molar-refractivity contribution in [3.05, 3.63) is 23.8 Å². The number of fused-ring (bicyclic) bond motifs is 1. The maximum Gasteiger partial charge on any atom is 0.490 e. The van der Waals surface area contributed by atoms with E-state index in [2.05, 4.69) is 45.3 Å². The molecular weight excluding hydrogens is 669 g/mol. The number of carbonyl (C=O) groups excluding carboxylic acids is 1. The van der Waals surface area contributed by atoms with E-state index in [9.17, 15) is 28.2 Å². The molecule has 3 aromatic heterocycles. The van der Waals surface area contributed by atoms with Gasteiger partial charge < -0.3 is 50.7 Å². The summed E-state index contributed by atoms with van der Waals surface area (Å²) >= 11 is 0. The van der Waals surface area contributed by atoms with Gasteiger partial charge in [-0.25, -0.2) is 14.6 Å². The van der Waals surface area contributed by atoms with Crippen LogP contribution in [0.15, 0.2) is 16.9 Å². The molecule has 0 aliphatic carbocycles. The topological polar surface area (TPSA) is 225 Å². The minimum Gasteiger partial charge on any atom is -0.475 e. The number of aliphatic hydroxyl groups excluding tert-OH is 2. The number of nitrogens with zero attached hydrogens (tertiary/aromatic N) is 6. The Morgan fingerprint density at radius 3 is 2.44 bits per heavy atom. The molecule has 17 nitrogen and oxygen atoms in total. The van der Waals surface area contributed by atoms with Gasteiger partial charge >= 0.3 is 18.2 Å². The van der Waals surface area contributed by atoms with Crippen LogP contribution >= 0.6 is 0 Å². The van der Waals surface area contributed by atoms with Gasteiger partial charge in [-0.15, -0.1) is 0 Å². The van der Waals surface area contributed by atoms with Gasteiger partial charge in [0.2, 0.25) is 5.95 Å². The van der Waals surface area contributed by atoms with Crippen molar-refractivity contribution in [3.63, 3.8) is 0 Å². The van der Waals surface area contributed by atoms with Gasteiger partial charge in [0.25, 0.3) is 0 Å². The van der Waals surface area contributed by atoms with Crippen molar-refractivity contribution in [1.29, 1.82) is 0 Å². The number of halogens is 3. The number of hydrogen-bond acceptors (Lipinski definition) is 13. The summed E-state index contributed by atoms with van der Waals surface area (Å²) in [6, 6.07) is 1.84. The first-order valence-electron chi connectivity index (χ1n) is 16.6. The zero-order chi connectivity index (χ0) is 36.2. The Morgan fingerprint density at radius 2 is 1.82 bits per heavy atom. The number of hydrogen-bond donors (Lipinski definition) is 7. The average molecular weight is 713 g/mol. The molecule has 20 heteroatoms. The molecule has 3 fully saturated rings. The van der Waals surface area contributed by atoms with E-state index >= 15 is 0 Å². The zero-order valence-corrected chi connectivity index (χ0v) is 27.9. The lowest BCUT2D eigenvalue weighted by molar-refractivity contribution is -0.192. The van der Waals surface area contributed by atoms with E-state index in [0.717, 1.165) is 44.5 Å². The molecule has 6 heterocycles. The highest BCUT2D eigenvalue weighted by Crippen LogP contribution is 2.40. The number of alkyl halides is 3. The number of urea groups is 1. The molecule has 0 radical (unpaired) electrons. The van der Waals surface area contributed by atoms with E-state index in [1.165, 1.54) is 0 Å².